The molecule has 30 rings (SSSR count). The highest BCUT2D eigenvalue weighted by Gasteiger charge is 2.30. The number of hydrogen-bond acceptors (Lipinski definition) is 6. The standard InChI is InChI=1S/3C44H28N4/c1-3-13-29(14-4-1)30-22-24-32(25-23-30)44-46-41(31-15-5-2-6-16-31)43-40-35(33-17-7-10-20-38(33)48(43)44)26-27-36-34-18-8-9-19-37(34)47(42(36)40)39-21-11-12-28-45-39;1-3-13-29(14-4-1)30-22-24-32(25-23-30)44-46-42(31-15-5-2-6-16-31)43-37-27-36-34-18-8-9-19-38(34)47(41-21-11-12-26-45-41)40(36)28-35(37)33-17-7-10-20-39(33)48(43)44;1-3-13-29(14-4-1)30-22-24-32(25-23-30)44-46-42(31-15-5-2-6-16-31)43-41-34(33-17-7-9-19-36(33)48(43)44)26-27-38-40(41)35-18-8-10-20-37(35)47(38)39-21-11-12-28-45-39/h3*1-28H. The van der Waals surface area contributed by atoms with E-state index in [9.17, 15) is 0 Å². The van der Waals surface area contributed by atoms with E-state index in [4.69, 9.17) is 29.9 Å². The molecule has 144 heavy (non-hydrogen) atoms. The van der Waals surface area contributed by atoms with Crippen LogP contribution in [0.3, 0.4) is 0 Å². The van der Waals surface area contributed by atoms with Crippen molar-refractivity contribution >= 4 is 147 Å². The van der Waals surface area contributed by atoms with Gasteiger partial charge in [-0.05, 0) is 141 Å². The minimum Gasteiger partial charge on any atom is -0.294 e. The molecule has 0 atom stereocenters. The van der Waals surface area contributed by atoms with E-state index in [1.54, 1.807) is 0 Å². The van der Waals surface area contributed by atoms with Gasteiger partial charge in [0.15, 0.2) is 0 Å². The van der Waals surface area contributed by atoms with Crippen LogP contribution >= 0.6 is 0 Å². The molecular formula is C132H84N12. The molecule has 0 spiro atoms. The number of pyridine rings is 6. The van der Waals surface area contributed by atoms with Gasteiger partial charge in [0.25, 0.3) is 0 Å². The number of para-hydroxylation sites is 6. The first kappa shape index (κ1) is 82.7. The Morgan fingerprint density at radius 2 is 0.424 bits per heavy atom. The van der Waals surface area contributed by atoms with Crippen LogP contribution in [-0.4, -0.2) is 56.8 Å². The third-order valence-corrected chi connectivity index (χ3v) is 28.7. The molecule has 0 unspecified atom stereocenters. The number of rotatable bonds is 12. The summed E-state index contributed by atoms with van der Waals surface area (Å²) in [6, 6.07) is 174. The molecule has 12 heterocycles. The smallest absolute Gasteiger partial charge is 0.145 e. The predicted octanol–water partition coefficient (Wildman–Crippen LogP) is 33.4. The van der Waals surface area contributed by atoms with E-state index in [0.29, 0.717) is 0 Å². The Kier molecular flexibility index (Phi) is 19.7. The molecule has 0 saturated carbocycles. The lowest BCUT2D eigenvalue weighted by atomic mass is 9.98. The predicted molar refractivity (Wildman–Crippen MR) is 596 cm³/mol. The Balaban J connectivity index is 0.000000105. The van der Waals surface area contributed by atoms with E-state index in [-0.39, 0.29) is 0 Å². The van der Waals surface area contributed by atoms with Crippen molar-refractivity contribution in [2.24, 2.45) is 0 Å². The van der Waals surface area contributed by atoms with Gasteiger partial charge in [0.2, 0.25) is 0 Å². The van der Waals surface area contributed by atoms with Gasteiger partial charge in [0, 0.05) is 117 Å². The lowest BCUT2D eigenvalue weighted by Crippen LogP contribution is -1.99. The number of benzene rings is 18. The van der Waals surface area contributed by atoms with E-state index >= 15 is 0 Å². The zero-order chi connectivity index (χ0) is 94.8. The summed E-state index contributed by atoms with van der Waals surface area (Å²) in [5.41, 5.74) is 30.0. The third-order valence-electron chi connectivity index (χ3n) is 28.7. The third kappa shape index (κ3) is 13.4. The van der Waals surface area contributed by atoms with E-state index in [0.717, 1.165) is 157 Å². The highest BCUT2D eigenvalue weighted by atomic mass is 15.1. The van der Waals surface area contributed by atoms with Crippen molar-refractivity contribution in [1.29, 1.82) is 0 Å². The van der Waals surface area contributed by atoms with Crippen LogP contribution in [0.25, 0.3) is 266 Å². The minimum atomic E-state index is 0.889. The van der Waals surface area contributed by atoms with Crippen LogP contribution in [0.2, 0.25) is 0 Å². The molecule has 0 amide bonds. The zero-order valence-electron chi connectivity index (χ0n) is 77.9. The maximum atomic E-state index is 5.53. The molecule has 0 fully saturated rings. The summed E-state index contributed by atoms with van der Waals surface area (Å²) in [7, 11) is 0. The maximum absolute atomic E-state index is 5.53. The summed E-state index contributed by atoms with van der Waals surface area (Å²) < 4.78 is 14.1. The highest BCUT2D eigenvalue weighted by Crippen LogP contribution is 2.50. The molecule has 0 aliphatic rings. The van der Waals surface area contributed by atoms with Gasteiger partial charge in [-0.1, -0.05) is 400 Å². The lowest BCUT2D eigenvalue weighted by molar-refractivity contribution is 1.08. The lowest BCUT2D eigenvalue weighted by Gasteiger charge is -2.15. The molecule has 12 nitrogen and oxygen atoms in total. The van der Waals surface area contributed by atoms with Crippen molar-refractivity contribution in [3.63, 3.8) is 0 Å². The Morgan fingerprint density at radius 1 is 0.139 bits per heavy atom. The SMILES string of the molecule is c1ccc(-c2ccc(-c3nc(-c4ccccc4)c4c5c(ccc6c5c5ccccc5n6-c5ccccn5)c5ccccc5n34)cc2)cc1.c1ccc(-c2ccc(-c3nc(-c4ccccc4)c4c5c(ccc6c7ccccc7n(-c7ccccn7)c65)c5ccccc5n34)cc2)cc1.c1ccc(-c2ccc(-c3nc(-c4ccccc4)c4c5cc6c7ccccc7n(-c7ccccn7)c6cc5c5ccccc5n34)cc2)cc1. The normalized spacial score (nSPS) is 11.8. The zero-order valence-corrected chi connectivity index (χ0v) is 77.9. The van der Waals surface area contributed by atoms with Crippen LogP contribution in [0.1, 0.15) is 0 Å². The number of nitrogens with zero attached hydrogens (tertiary/aromatic N) is 12. The van der Waals surface area contributed by atoms with Gasteiger partial charge in [-0.15, -0.1) is 0 Å². The first-order valence-corrected chi connectivity index (χ1v) is 48.8. The van der Waals surface area contributed by atoms with E-state index in [1.807, 2.05) is 36.8 Å². The quantitative estimate of drug-likeness (QED) is 0.113. The topological polar surface area (TPSA) is 105 Å². The first-order chi connectivity index (χ1) is 71.5. The first-order valence-electron chi connectivity index (χ1n) is 48.8. The monoisotopic (exact) mass is 1840 g/mol. The average Bonchev–Trinajstić information content (AvgIpc) is 1.54. The molecule has 0 aliphatic carbocycles. The van der Waals surface area contributed by atoms with Crippen molar-refractivity contribution in [3.8, 4) is 119 Å². The number of hydrogen-bond donors (Lipinski definition) is 0. The summed E-state index contributed by atoms with van der Waals surface area (Å²) >= 11 is 0. The Morgan fingerprint density at radius 3 is 0.840 bits per heavy atom. The van der Waals surface area contributed by atoms with Gasteiger partial charge in [0.05, 0.1) is 83.3 Å². The second-order valence-corrected chi connectivity index (χ2v) is 36.7. The number of imidazole rings is 3. The van der Waals surface area contributed by atoms with Crippen LogP contribution in [0, 0.1) is 0 Å². The maximum Gasteiger partial charge on any atom is 0.145 e. The van der Waals surface area contributed by atoms with Gasteiger partial charge >= 0.3 is 0 Å². The minimum absolute atomic E-state index is 0.889. The molecule has 12 heteroatoms. The van der Waals surface area contributed by atoms with Crippen molar-refractivity contribution in [2.45, 2.75) is 0 Å². The van der Waals surface area contributed by atoms with Crippen molar-refractivity contribution in [1.82, 2.24) is 56.8 Å². The molecule has 0 saturated heterocycles. The fourth-order valence-electron chi connectivity index (χ4n) is 22.3. The second kappa shape index (κ2) is 34.3. The average molecular weight is 1840 g/mol. The van der Waals surface area contributed by atoms with Crippen LogP contribution in [-0.2, 0) is 0 Å². The van der Waals surface area contributed by atoms with E-state index in [2.05, 4.69) is 500 Å². The molecule has 18 aromatic carbocycles. The van der Waals surface area contributed by atoms with Gasteiger partial charge in [-0.3, -0.25) is 26.9 Å². The fraction of sp³-hybridized carbons (Fsp3) is 0. The van der Waals surface area contributed by atoms with E-state index < -0.39 is 0 Å². The summed E-state index contributed by atoms with van der Waals surface area (Å²) in [5, 5.41) is 17.8. The van der Waals surface area contributed by atoms with Gasteiger partial charge in [0.1, 0.15) is 34.9 Å². The number of aromatic nitrogens is 12. The van der Waals surface area contributed by atoms with Crippen LogP contribution in [0.5, 0.6) is 0 Å². The van der Waals surface area contributed by atoms with Crippen molar-refractivity contribution < 1.29 is 0 Å². The van der Waals surface area contributed by atoms with Gasteiger partial charge in [-0.2, -0.15) is 0 Å². The number of fused-ring (bicyclic) bond motifs is 29. The Hall–Kier alpha value is -19.6. The largest absolute Gasteiger partial charge is 0.294 e. The van der Waals surface area contributed by atoms with E-state index in [1.165, 1.54) is 109 Å². The van der Waals surface area contributed by atoms with Crippen LogP contribution in [0.4, 0.5) is 0 Å². The van der Waals surface area contributed by atoms with Crippen LogP contribution < -0.4 is 0 Å². The van der Waals surface area contributed by atoms with Gasteiger partial charge in [-0.25, -0.2) is 29.9 Å². The molecule has 30 aromatic rings. The summed E-state index contributed by atoms with van der Waals surface area (Å²) in [5.74, 6) is 5.46. The molecule has 0 aliphatic heterocycles. The molecule has 12 aromatic heterocycles. The summed E-state index contributed by atoms with van der Waals surface area (Å²) in [4.78, 5) is 31.0. The Labute approximate surface area is 826 Å². The fourth-order valence-corrected chi connectivity index (χ4v) is 22.3. The molecule has 0 N–H and O–H groups in total. The molecule has 672 valence electrons. The second-order valence-electron chi connectivity index (χ2n) is 36.7. The Bertz CT molecular complexity index is 10200. The van der Waals surface area contributed by atoms with Crippen LogP contribution in [0.15, 0.2) is 510 Å². The van der Waals surface area contributed by atoms with Gasteiger partial charge < -0.3 is 0 Å². The van der Waals surface area contributed by atoms with Crippen molar-refractivity contribution in [3.05, 3.63) is 510 Å². The van der Waals surface area contributed by atoms with Crippen molar-refractivity contribution in [2.75, 3.05) is 0 Å². The molecule has 0 radical (unpaired) electrons. The summed E-state index contributed by atoms with van der Waals surface area (Å²) in [6.07, 6.45) is 5.60. The summed E-state index contributed by atoms with van der Waals surface area (Å²) in [6.45, 7) is 0. The highest BCUT2D eigenvalue weighted by molar-refractivity contribution is 6.33. The molecule has 0 bridgehead atoms. The molecular weight excluding hydrogens is 1750 g/mol.